The lowest BCUT2D eigenvalue weighted by Crippen LogP contribution is -2.38. The van der Waals surface area contributed by atoms with Gasteiger partial charge in [-0.05, 0) is 41.5 Å². The second-order valence-electron chi connectivity index (χ2n) is 8.34. The van der Waals surface area contributed by atoms with Crippen LogP contribution in [0.5, 0.6) is 0 Å². The van der Waals surface area contributed by atoms with Crippen LogP contribution in [0, 0.1) is 10.8 Å². The van der Waals surface area contributed by atoms with Crippen molar-refractivity contribution in [2.75, 3.05) is 12.3 Å². The summed E-state index contributed by atoms with van der Waals surface area (Å²) in [5.41, 5.74) is 0.637. The van der Waals surface area contributed by atoms with Crippen LogP contribution in [0.4, 0.5) is 0 Å². The zero-order chi connectivity index (χ0) is 16.9. The van der Waals surface area contributed by atoms with Crippen molar-refractivity contribution in [1.82, 2.24) is 14.9 Å². The Bertz CT molecular complexity index is 787. The SMILES string of the molecule is CC1(C)C[C@H]2C[C@](C)(CN2C(=O)CSc2ncnc3sccc23)C1. The van der Waals surface area contributed by atoms with E-state index in [0.717, 1.165) is 34.6 Å². The summed E-state index contributed by atoms with van der Waals surface area (Å²) >= 11 is 3.16. The number of nitrogens with zero attached hydrogens (tertiary/aromatic N) is 3. The van der Waals surface area contributed by atoms with Gasteiger partial charge in [-0.2, -0.15) is 0 Å². The zero-order valence-corrected chi connectivity index (χ0v) is 16.0. The second kappa shape index (κ2) is 5.70. The van der Waals surface area contributed by atoms with Gasteiger partial charge in [0.25, 0.3) is 0 Å². The van der Waals surface area contributed by atoms with Gasteiger partial charge in [-0.1, -0.05) is 32.5 Å². The first-order chi connectivity index (χ1) is 11.4. The van der Waals surface area contributed by atoms with Crippen molar-refractivity contribution in [1.29, 1.82) is 0 Å². The number of likely N-dealkylation sites (tertiary alicyclic amines) is 1. The number of thiophene rings is 1. The zero-order valence-electron chi connectivity index (χ0n) is 14.4. The smallest absolute Gasteiger partial charge is 0.233 e. The lowest BCUT2D eigenvalue weighted by molar-refractivity contribution is -0.129. The fourth-order valence-electron chi connectivity index (χ4n) is 4.85. The fraction of sp³-hybridized carbons (Fsp3) is 0.611. The molecule has 0 radical (unpaired) electrons. The summed E-state index contributed by atoms with van der Waals surface area (Å²) in [5, 5.41) is 4.01. The predicted octanol–water partition coefficient (Wildman–Crippen LogP) is 4.21. The molecule has 2 bridgehead atoms. The summed E-state index contributed by atoms with van der Waals surface area (Å²) in [6.07, 6.45) is 5.10. The van der Waals surface area contributed by atoms with Gasteiger partial charge in [0, 0.05) is 18.0 Å². The average molecular weight is 362 g/mol. The average Bonchev–Trinajstić information content (AvgIpc) is 3.06. The maximum absolute atomic E-state index is 12.9. The van der Waals surface area contributed by atoms with Crippen molar-refractivity contribution >= 4 is 39.2 Å². The van der Waals surface area contributed by atoms with Crippen molar-refractivity contribution in [3.05, 3.63) is 17.8 Å². The van der Waals surface area contributed by atoms with E-state index in [0.29, 0.717) is 22.6 Å². The van der Waals surface area contributed by atoms with E-state index in [-0.39, 0.29) is 5.91 Å². The van der Waals surface area contributed by atoms with E-state index in [9.17, 15) is 4.79 Å². The van der Waals surface area contributed by atoms with Crippen molar-refractivity contribution in [3.63, 3.8) is 0 Å². The van der Waals surface area contributed by atoms with Gasteiger partial charge < -0.3 is 4.90 Å². The van der Waals surface area contributed by atoms with E-state index >= 15 is 0 Å². The molecule has 0 aromatic carbocycles. The Morgan fingerprint density at radius 1 is 1.38 bits per heavy atom. The highest BCUT2D eigenvalue weighted by atomic mass is 32.2. The van der Waals surface area contributed by atoms with Crippen molar-refractivity contribution in [2.24, 2.45) is 10.8 Å². The Morgan fingerprint density at radius 2 is 2.21 bits per heavy atom. The molecule has 2 aromatic rings. The molecular weight excluding hydrogens is 338 g/mol. The van der Waals surface area contributed by atoms with Gasteiger partial charge in [0.1, 0.15) is 16.2 Å². The summed E-state index contributed by atoms with van der Waals surface area (Å²) in [6.45, 7) is 7.95. The van der Waals surface area contributed by atoms with E-state index in [1.807, 2.05) is 11.4 Å². The Hall–Kier alpha value is -1.14. The van der Waals surface area contributed by atoms with Crippen molar-refractivity contribution in [2.45, 2.75) is 51.1 Å². The third kappa shape index (κ3) is 2.94. The quantitative estimate of drug-likeness (QED) is 0.607. The molecule has 0 spiro atoms. The number of amides is 1. The van der Waals surface area contributed by atoms with Gasteiger partial charge >= 0.3 is 0 Å². The molecule has 1 aliphatic heterocycles. The minimum Gasteiger partial charge on any atom is -0.338 e. The van der Waals surface area contributed by atoms with Crippen LogP contribution >= 0.6 is 23.1 Å². The van der Waals surface area contributed by atoms with Crippen LogP contribution < -0.4 is 0 Å². The molecule has 1 aliphatic carbocycles. The molecule has 1 amide bonds. The van der Waals surface area contributed by atoms with Gasteiger partial charge in [-0.3, -0.25) is 4.79 Å². The second-order valence-corrected chi connectivity index (χ2v) is 10.2. The molecule has 128 valence electrons. The number of thioether (sulfide) groups is 1. The molecule has 1 saturated heterocycles. The van der Waals surface area contributed by atoms with Gasteiger partial charge in [0.15, 0.2) is 0 Å². The molecule has 1 saturated carbocycles. The van der Waals surface area contributed by atoms with E-state index < -0.39 is 0 Å². The highest BCUT2D eigenvalue weighted by molar-refractivity contribution is 8.00. The summed E-state index contributed by atoms with van der Waals surface area (Å²) in [7, 11) is 0. The third-order valence-corrected chi connectivity index (χ3v) is 7.10. The van der Waals surface area contributed by atoms with Gasteiger partial charge in [-0.15, -0.1) is 11.3 Å². The van der Waals surface area contributed by atoms with Crippen LogP contribution in [0.1, 0.15) is 40.0 Å². The number of hydrogen-bond donors (Lipinski definition) is 0. The molecule has 2 aromatic heterocycles. The van der Waals surface area contributed by atoms with E-state index in [2.05, 4.69) is 35.6 Å². The monoisotopic (exact) mass is 361 g/mol. The lowest BCUT2D eigenvalue weighted by Gasteiger charge is -2.39. The molecule has 0 unspecified atom stereocenters. The van der Waals surface area contributed by atoms with E-state index in [4.69, 9.17) is 0 Å². The topological polar surface area (TPSA) is 46.1 Å². The minimum absolute atomic E-state index is 0.258. The molecule has 4 nitrogen and oxygen atoms in total. The van der Waals surface area contributed by atoms with Gasteiger partial charge in [0.2, 0.25) is 5.91 Å². The van der Waals surface area contributed by atoms with Crippen LogP contribution in [-0.4, -0.2) is 39.1 Å². The standard InChI is InChI=1S/C18H23N3OS2/c1-17(2)6-12-7-18(3,9-17)10-21(12)14(22)8-24-16-13-4-5-23-15(13)19-11-20-16/h4-5,11-12H,6-10H2,1-3H3/t12-,18-/m0/s1. The number of aromatic nitrogens is 2. The molecule has 24 heavy (non-hydrogen) atoms. The normalized spacial score (nSPS) is 28.5. The van der Waals surface area contributed by atoms with Gasteiger partial charge in [-0.25, -0.2) is 9.97 Å². The predicted molar refractivity (Wildman–Crippen MR) is 99.4 cm³/mol. The van der Waals surface area contributed by atoms with Crippen LogP contribution in [0.2, 0.25) is 0 Å². The van der Waals surface area contributed by atoms with Crippen molar-refractivity contribution < 1.29 is 4.79 Å². The number of fused-ring (bicyclic) bond motifs is 3. The molecule has 2 atom stereocenters. The van der Waals surface area contributed by atoms with E-state index in [1.54, 1.807) is 29.4 Å². The molecular formula is C18H23N3OS2. The molecule has 3 heterocycles. The maximum Gasteiger partial charge on any atom is 0.233 e. The first kappa shape index (κ1) is 16.3. The highest BCUT2D eigenvalue weighted by Gasteiger charge is 2.50. The lowest BCUT2D eigenvalue weighted by atomic mass is 9.65. The Kier molecular flexibility index (Phi) is 3.88. The van der Waals surface area contributed by atoms with Crippen LogP contribution in [0.15, 0.2) is 22.8 Å². The first-order valence-electron chi connectivity index (χ1n) is 8.46. The van der Waals surface area contributed by atoms with Crippen LogP contribution in [-0.2, 0) is 4.79 Å². The Labute approximate surface area is 151 Å². The summed E-state index contributed by atoms with van der Waals surface area (Å²) in [4.78, 5) is 24.6. The van der Waals surface area contributed by atoms with Gasteiger partial charge in [0.05, 0.1) is 5.75 Å². The number of hydrogen-bond acceptors (Lipinski definition) is 5. The highest BCUT2D eigenvalue weighted by Crippen LogP contribution is 2.52. The van der Waals surface area contributed by atoms with E-state index in [1.165, 1.54) is 6.42 Å². The summed E-state index contributed by atoms with van der Waals surface area (Å²) in [5.74, 6) is 0.725. The first-order valence-corrected chi connectivity index (χ1v) is 10.3. The summed E-state index contributed by atoms with van der Waals surface area (Å²) in [6, 6.07) is 2.46. The number of carbonyl (C=O) groups excluding carboxylic acids is 1. The number of carbonyl (C=O) groups is 1. The molecule has 0 N–H and O–H groups in total. The molecule has 2 aliphatic rings. The molecule has 6 heteroatoms. The third-order valence-electron chi connectivity index (χ3n) is 5.29. The summed E-state index contributed by atoms with van der Waals surface area (Å²) < 4.78 is 0. The maximum atomic E-state index is 12.9. The Morgan fingerprint density at radius 3 is 3.04 bits per heavy atom. The van der Waals surface area contributed by atoms with Crippen molar-refractivity contribution in [3.8, 4) is 0 Å². The minimum atomic E-state index is 0.258. The van der Waals surface area contributed by atoms with Crippen LogP contribution in [0.3, 0.4) is 0 Å². The largest absolute Gasteiger partial charge is 0.338 e. The fourth-order valence-corrected chi connectivity index (χ4v) is 6.51. The number of rotatable bonds is 3. The Balaban J connectivity index is 1.47. The van der Waals surface area contributed by atoms with Crippen LogP contribution in [0.25, 0.3) is 10.2 Å². The molecule has 2 fully saturated rings. The molecule has 4 rings (SSSR count).